The predicted molar refractivity (Wildman–Crippen MR) is 263 cm³/mol. The van der Waals surface area contributed by atoms with Crippen LogP contribution in [0, 0.1) is 5.92 Å². The standard InChI is InChI=1S/C18H31N8O4.C8H16N2O2.C8H10O.C8H10.C3H8N2O.C2H6.W/c1-3-4-15(27)26-9-11(7-14(26)16(20)28)22-17(29)12-8-13(24-23-12)18(30)25(6-5-19)10-21-2;1-3-6(2)7(5-11)10-8(12)4-9;1-7(9)8-5-3-2-4-6-8;1-2-8-6-4-3-5-7-8;1-2(4)3(5)6;1-2;/h8,11-12,14,19,21,23-24H,3-7,9-10H2,1-2H3,(H2,20,28)(H,22,29);5-7H,3-4,9H2,1-2H3,(H,10,12);2-7,9H,1H3;3-7H,2H2,1H3;2H,4H2,1H3,(H2,5,6);1-2H3;/q-1;;;;;;. The van der Waals surface area contributed by atoms with Crippen molar-refractivity contribution in [2.24, 2.45) is 28.9 Å². The van der Waals surface area contributed by atoms with Gasteiger partial charge in [-0.2, -0.15) is 0 Å². The largest absolute Gasteiger partial charge is 0.676 e. The normalized spacial score (nSPS) is 16.9. The quantitative estimate of drug-likeness (QED) is 0.0744. The molecule has 7 atom stereocenters. The summed E-state index contributed by atoms with van der Waals surface area (Å²) >= 11 is 0. The van der Waals surface area contributed by atoms with E-state index < -0.39 is 42.0 Å². The average Bonchev–Trinajstić information content (AvgIpc) is 4.01. The molecule has 0 spiro atoms. The number of likely N-dealkylation sites (tertiary alicyclic amines) is 1. The van der Waals surface area contributed by atoms with Gasteiger partial charge >= 0.3 is 0 Å². The summed E-state index contributed by atoms with van der Waals surface area (Å²) in [7, 11) is 1.70. The van der Waals surface area contributed by atoms with Gasteiger partial charge in [0.15, 0.2) is 0 Å². The Hall–Kier alpha value is -5.08. The van der Waals surface area contributed by atoms with E-state index in [0.29, 0.717) is 12.8 Å². The number of rotatable bonds is 18. The molecule has 0 aliphatic carbocycles. The van der Waals surface area contributed by atoms with E-state index in [0.717, 1.165) is 24.7 Å². The van der Waals surface area contributed by atoms with Gasteiger partial charge in [0.1, 0.15) is 24.1 Å². The number of carbonyl (C=O) groups is 7. The predicted octanol–water partition coefficient (Wildman–Crippen LogP) is 1.28. The summed E-state index contributed by atoms with van der Waals surface area (Å²) in [6.45, 7) is 16.0. The van der Waals surface area contributed by atoms with Crippen LogP contribution in [0.3, 0.4) is 0 Å². The summed E-state index contributed by atoms with van der Waals surface area (Å²) in [5.41, 5.74) is 35.5. The van der Waals surface area contributed by atoms with Crippen molar-refractivity contribution in [1.82, 2.24) is 36.6 Å². The zero-order chi connectivity index (χ0) is 51.5. The van der Waals surface area contributed by atoms with Crippen LogP contribution in [-0.2, 0) is 61.0 Å². The molecular weight excluding hydrogens is 1040 g/mol. The molecule has 1 fully saturated rings. The monoisotopic (exact) mass is 1130 g/mol. The Morgan fingerprint density at radius 2 is 1.53 bits per heavy atom. The fraction of sp³-hybridized carbons (Fsp3) is 0.553. The molecule has 2 heterocycles. The van der Waals surface area contributed by atoms with Crippen LogP contribution in [0.5, 0.6) is 0 Å². The molecule has 2 aliphatic heterocycles. The SMILES string of the molecule is CC.CC(N)C(N)=O.CC(O)c1ccccc1.CCC(C)C(C=O)NC(=O)CN.CCCC(=O)N1CC(NC(=O)C2C=C(C(=O)N(CC[NH-])CNC)NN2)CC1C(N)=O.CCc1ccccc1.[W]. The number of aldehydes is 1. The molecule has 68 heavy (non-hydrogen) atoms. The molecule has 0 aromatic heterocycles. The van der Waals surface area contributed by atoms with E-state index in [-0.39, 0.29) is 102 Å². The number of nitrogens with one attached hydrogen (secondary N) is 6. The second-order valence-corrected chi connectivity index (χ2v) is 15.2. The second kappa shape index (κ2) is 39.9. The maximum Gasteiger partial charge on any atom is 0.271 e. The van der Waals surface area contributed by atoms with E-state index in [1.165, 1.54) is 21.4 Å². The Morgan fingerprint density at radius 3 is 1.93 bits per heavy atom. The van der Waals surface area contributed by atoms with E-state index in [9.17, 15) is 33.6 Å². The maximum absolute atomic E-state index is 12.6. The molecule has 2 aliphatic rings. The number of aliphatic hydroxyl groups excluding tert-OH is 1. The molecule has 15 N–H and O–H groups in total. The fourth-order valence-electron chi connectivity index (χ4n) is 5.81. The number of hydrazine groups is 1. The molecule has 2 aromatic rings. The molecule has 1 saturated heterocycles. The van der Waals surface area contributed by atoms with Gasteiger partial charge in [0.2, 0.25) is 29.5 Å². The number of hydrogen-bond acceptors (Lipinski definition) is 13. The van der Waals surface area contributed by atoms with Crippen LogP contribution in [0.15, 0.2) is 72.4 Å². The number of nitrogens with zero attached hydrogens (tertiary/aromatic N) is 2. The van der Waals surface area contributed by atoms with Crippen LogP contribution in [0.1, 0.15) is 98.3 Å². The van der Waals surface area contributed by atoms with Crippen LogP contribution in [0.25, 0.3) is 5.73 Å². The zero-order valence-corrected chi connectivity index (χ0v) is 44.4. The van der Waals surface area contributed by atoms with Gasteiger partial charge in [-0.15, -0.1) is 6.54 Å². The first-order chi connectivity index (χ1) is 31.8. The van der Waals surface area contributed by atoms with Gasteiger partial charge in [-0.05, 0) is 63.3 Å². The minimum atomic E-state index is -0.788. The number of nitrogens with two attached hydrogens (primary N) is 4. The van der Waals surface area contributed by atoms with Crippen LogP contribution in [0.2, 0.25) is 0 Å². The van der Waals surface area contributed by atoms with E-state index >= 15 is 0 Å². The molecule has 0 radical (unpaired) electrons. The Kier molecular flexibility index (Phi) is 39.4. The molecule has 4 rings (SSSR count). The molecule has 0 bridgehead atoms. The van der Waals surface area contributed by atoms with Gasteiger partial charge < -0.3 is 69.7 Å². The molecule has 20 nitrogen and oxygen atoms in total. The molecule has 2 aromatic carbocycles. The van der Waals surface area contributed by atoms with Crippen LogP contribution in [-0.4, -0.2) is 127 Å². The van der Waals surface area contributed by atoms with Crippen LogP contribution < -0.4 is 49.7 Å². The Morgan fingerprint density at radius 1 is 0.971 bits per heavy atom. The van der Waals surface area contributed by atoms with Gasteiger partial charge in [-0.3, -0.25) is 28.8 Å². The third-order valence-corrected chi connectivity index (χ3v) is 9.89. The molecule has 384 valence electrons. The van der Waals surface area contributed by atoms with E-state index in [1.54, 1.807) is 20.9 Å². The van der Waals surface area contributed by atoms with Crippen molar-refractivity contribution in [2.75, 3.05) is 39.9 Å². The van der Waals surface area contributed by atoms with Crippen molar-refractivity contribution in [2.45, 2.75) is 124 Å². The zero-order valence-electron chi connectivity index (χ0n) is 41.5. The number of primary amides is 2. The minimum absolute atomic E-state index is 0. The number of aliphatic hydroxyl groups is 1. The first kappa shape index (κ1) is 67.2. The average molecular weight is 1130 g/mol. The van der Waals surface area contributed by atoms with Crippen LogP contribution in [0.4, 0.5) is 0 Å². The summed E-state index contributed by atoms with van der Waals surface area (Å²) in [5, 5.41) is 17.2. The Labute approximate surface area is 418 Å². The molecule has 6 amide bonds. The van der Waals surface area contributed by atoms with Gasteiger partial charge in [0, 0.05) is 46.6 Å². The molecule has 7 unspecified atom stereocenters. The van der Waals surface area contributed by atoms with Gasteiger partial charge in [-0.1, -0.05) is 109 Å². The fourth-order valence-corrected chi connectivity index (χ4v) is 5.81. The first-order valence-corrected chi connectivity index (χ1v) is 22.8. The molecular formula is C47H81N12O8W-. The number of amides is 6. The summed E-state index contributed by atoms with van der Waals surface area (Å²) in [5.74, 6) is -2.05. The third kappa shape index (κ3) is 27.7. The summed E-state index contributed by atoms with van der Waals surface area (Å²) in [6, 6.07) is 17.2. The van der Waals surface area contributed by atoms with Gasteiger partial charge in [0.25, 0.3) is 5.91 Å². The van der Waals surface area contributed by atoms with E-state index in [2.05, 4.69) is 63.7 Å². The topological polar surface area (TPSA) is 334 Å². The number of benzene rings is 2. The van der Waals surface area contributed by atoms with E-state index in [1.807, 2.05) is 71.0 Å². The van der Waals surface area contributed by atoms with Crippen molar-refractivity contribution < 1.29 is 59.7 Å². The molecule has 0 saturated carbocycles. The van der Waals surface area contributed by atoms with Gasteiger partial charge in [0.05, 0.1) is 31.4 Å². The van der Waals surface area contributed by atoms with Crippen molar-refractivity contribution in [1.29, 1.82) is 0 Å². The van der Waals surface area contributed by atoms with Crippen molar-refractivity contribution in [3.8, 4) is 0 Å². The molecule has 21 heteroatoms. The number of hydrogen-bond donors (Lipinski definition) is 10. The van der Waals surface area contributed by atoms with E-state index in [4.69, 9.17) is 28.0 Å². The number of aryl methyl sites for hydroxylation is 1. The van der Waals surface area contributed by atoms with Gasteiger partial charge in [-0.25, -0.2) is 5.43 Å². The smallest absolute Gasteiger partial charge is 0.271 e. The second-order valence-electron chi connectivity index (χ2n) is 15.2. The first-order valence-electron chi connectivity index (χ1n) is 22.8. The van der Waals surface area contributed by atoms with Crippen LogP contribution >= 0.6 is 0 Å². The Bertz CT molecular complexity index is 1750. The summed E-state index contributed by atoms with van der Waals surface area (Å²) < 4.78 is 0. The number of carbonyl (C=O) groups excluding carboxylic acids is 7. The minimum Gasteiger partial charge on any atom is -0.676 e. The van der Waals surface area contributed by atoms with Crippen molar-refractivity contribution >= 4 is 41.7 Å². The summed E-state index contributed by atoms with van der Waals surface area (Å²) in [6.07, 6.45) is 5.11. The maximum atomic E-state index is 12.6. The van der Waals surface area contributed by atoms with Crippen molar-refractivity contribution in [3.05, 3.63) is 89.3 Å². The van der Waals surface area contributed by atoms with Crippen molar-refractivity contribution in [3.63, 3.8) is 0 Å². The summed E-state index contributed by atoms with van der Waals surface area (Å²) in [4.78, 5) is 83.1. The Balaban J connectivity index is -0.000000906. The third-order valence-electron chi connectivity index (χ3n) is 9.89.